The Bertz CT molecular complexity index is 1100. The van der Waals surface area contributed by atoms with Gasteiger partial charge in [-0.3, -0.25) is 15.0 Å². The molecule has 1 aliphatic carbocycles. The molecular weight excluding hydrogens is 430 g/mol. The van der Waals surface area contributed by atoms with Gasteiger partial charge >= 0.3 is 0 Å². The number of hydrogen-bond donors (Lipinski definition) is 2. The minimum absolute atomic E-state index is 0.133. The molecule has 1 saturated carbocycles. The highest BCUT2D eigenvalue weighted by Crippen LogP contribution is 2.42. The number of amides is 1. The van der Waals surface area contributed by atoms with E-state index in [9.17, 15) is 4.79 Å². The summed E-state index contributed by atoms with van der Waals surface area (Å²) in [5.41, 5.74) is 2.39. The van der Waals surface area contributed by atoms with Crippen LogP contribution < -0.4 is 10.6 Å². The van der Waals surface area contributed by atoms with Gasteiger partial charge in [-0.05, 0) is 48.3 Å². The van der Waals surface area contributed by atoms with Crippen LogP contribution in [-0.2, 0) is 10.5 Å². The summed E-state index contributed by atoms with van der Waals surface area (Å²) in [6.45, 7) is 1.90. The maximum atomic E-state index is 13.7. The molecule has 2 heterocycles. The molecule has 1 spiro atoms. The topological polar surface area (TPSA) is 44.4 Å². The molecule has 0 bridgehead atoms. The number of carbonyl (C=O) groups is 1. The zero-order valence-electron chi connectivity index (χ0n) is 20.3. The molecule has 2 saturated heterocycles. The van der Waals surface area contributed by atoms with Crippen molar-refractivity contribution >= 4 is 5.91 Å². The first-order chi connectivity index (χ1) is 17.2. The van der Waals surface area contributed by atoms with Gasteiger partial charge in [0, 0.05) is 19.1 Å². The summed E-state index contributed by atoms with van der Waals surface area (Å²) in [6.07, 6.45) is 6.80. The van der Waals surface area contributed by atoms with Gasteiger partial charge in [0.25, 0.3) is 0 Å². The van der Waals surface area contributed by atoms with Crippen LogP contribution >= 0.6 is 0 Å². The van der Waals surface area contributed by atoms with Crippen LogP contribution in [0, 0.1) is 0 Å². The molecule has 3 fully saturated rings. The summed E-state index contributed by atoms with van der Waals surface area (Å²) >= 11 is 0. The van der Waals surface area contributed by atoms with E-state index in [1.807, 2.05) is 36.4 Å². The molecule has 1 amide bonds. The van der Waals surface area contributed by atoms with Crippen molar-refractivity contribution in [3.63, 3.8) is 0 Å². The van der Waals surface area contributed by atoms with E-state index < -0.39 is 11.2 Å². The van der Waals surface area contributed by atoms with Crippen molar-refractivity contribution in [2.24, 2.45) is 0 Å². The Morgan fingerprint density at radius 1 is 0.714 bits per heavy atom. The van der Waals surface area contributed by atoms with Crippen LogP contribution in [0.1, 0.15) is 61.1 Å². The van der Waals surface area contributed by atoms with E-state index in [1.165, 1.54) is 31.2 Å². The third kappa shape index (κ3) is 3.99. The maximum absolute atomic E-state index is 13.7. The highest BCUT2D eigenvalue weighted by Gasteiger charge is 2.56. The van der Waals surface area contributed by atoms with Gasteiger partial charge in [-0.15, -0.1) is 0 Å². The van der Waals surface area contributed by atoms with Gasteiger partial charge in [0.2, 0.25) is 5.91 Å². The van der Waals surface area contributed by atoms with Crippen molar-refractivity contribution in [2.75, 3.05) is 13.1 Å². The van der Waals surface area contributed by atoms with E-state index >= 15 is 0 Å². The Labute approximate surface area is 208 Å². The Kier molecular flexibility index (Phi) is 5.95. The smallest absolute Gasteiger partial charge is 0.242 e. The van der Waals surface area contributed by atoms with Crippen LogP contribution in [0.5, 0.6) is 0 Å². The van der Waals surface area contributed by atoms with Gasteiger partial charge in [-0.25, -0.2) is 0 Å². The number of carbonyl (C=O) groups excluding carboxylic acids is 1. The first kappa shape index (κ1) is 22.5. The maximum Gasteiger partial charge on any atom is 0.242 e. The molecule has 2 aliphatic heterocycles. The van der Waals surface area contributed by atoms with E-state index in [0.717, 1.165) is 37.1 Å². The van der Waals surface area contributed by atoms with E-state index in [2.05, 4.69) is 70.1 Å². The zero-order chi connectivity index (χ0) is 23.7. The molecule has 3 aromatic carbocycles. The minimum atomic E-state index is -0.695. The molecule has 4 nitrogen and oxygen atoms in total. The fourth-order valence-corrected chi connectivity index (χ4v) is 6.80. The number of piperidine rings is 1. The Hall–Kier alpha value is -2.95. The predicted molar refractivity (Wildman–Crippen MR) is 140 cm³/mol. The van der Waals surface area contributed by atoms with Crippen molar-refractivity contribution in [1.82, 2.24) is 15.5 Å². The average molecular weight is 466 g/mol. The molecule has 0 radical (unpaired) electrons. The fraction of sp³-hybridized carbons (Fsp3) is 0.387. The lowest BCUT2D eigenvalue weighted by Gasteiger charge is -2.46. The molecule has 4 heteroatoms. The average Bonchev–Trinajstić information content (AvgIpc) is 3.23. The summed E-state index contributed by atoms with van der Waals surface area (Å²) in [6, 6.07) is 32.3. The summed E-state index contributed by atoms with van der Waals surface area (Å²) in [5, 5.41) is 7.30. The van der Waals surface area contributed by atoms with Gasteiger partial charge in [0.1, 0.15) is 11.2 Å². The van der Waals surface area contributed by atoms with Crippen LogP contribution in [0.4, 0.5) is 0 Å². The van der Waals surface area contributed by atoms with Crippen molar-refractivity contribution in [3.8, 4) is 0 Å². The van der Waals surface area contributed by atoms with Crippen LogP contribution in [0.2, 0.25) is 0 Å². The minimum Gasteiger partial charge on any atom is -0.329 e. The largest absolute Gasteiger partial charge is 0.329 e. The summed E-state index contributed by atoms with van der Waals surface area (Å²) in [7, 11) is 0. The number of rotatable bonds is 4. The Morgan fingerprint density at radius 3 is 1.86 bits per heavy atom. The third-order valence-electron chi connectivity index (χ3n) is 8.65. The van der Waals surface area contributed by atoms with E-state index in [-0.39, 0.29) is 5.91 Å². The third-order valence-corrected chi connectivity index (χ3v) is 8.65. The molecule has 2 N–H and O–H groups in total. The predicted octanol–water partition coefficient (Wildman–Crippen LogP) is 5.17. The number of hydrogen-bond acceptors (Lipinski definition) is 3. The summed E-state index contributed by atoms with van der Waals surface area (Å²) < 4.78 is 0. The van der Waals surface area contributed by atoms with Crippen LogP contribution in [0.25, 0.3) is 0 Å². The highest BCUT2D eigenvalue weighted by molar-refractivity contribution is 5.90. The van der Waals surface area contributed by atoms with E-state index in [0.29, 0.717) is 12.0 Å². The van der Waals surface area contributed by atoms with E-state index in [1.54, 1.807) is 0 Å². The normalized spacial score (nSPS) is 25.9. The second-order valence-corrected chi connectivity index (χ2v) is 10.5. The second-order valence-electron chi connectivity index (χ2n) is 10.5. The first-order valence-electron chi connectivity index (χ1n) is 13.2. The number of nitrogens with zero attached hydrogens (tertiary/aromatic N) is 1. The van der Waals surface area contributed by atoms with Gasteiger partial charge in [0.15, 0.2) is 0 Å². The van der Waals surface area contributed by atoms with Crippen molar-refractivity contribution < 1.29 is 4.79 Å². The van der Waals surface area contributed by atoms with E-state index in [4.69, 9.17) is 0 Å². The van der Waals surface area contributed by atoms with Crippen LogP contribution in [-0.4, -0.2) is 35.5 Å². The first-order valence-corrected chi connectivity index (χ1v) is 13.2. The molecule has 0 aromatic heterocycles. The quantitative estimate of drug-likeness (QED) is 0.559. The lowest BCUT2D eigenvalue weighted by molar-refractivity contribution is -0.126. The molecule has 35 heavy (non-hydrogen) atoms. The van der Waals surface area contributed by atoms with Gasteiger partial charge < -0.3 is 5.32 Å². The van der Waals surface area contributed by atoms with Gasteiger partial charge in [-0.1, -0.05) is 104 Å². The summed E-state index contributed by atoms with van der Waals surface area (Å²) in [5.74, 6) is 0.727. The second kappa shape index (κ2) is 9.25. The molecule has 2 atom stereocenters. The zero-order valence-corrected chi connectivity index (χ0v) is 20.3. The molecule has 180 valence electrons. The molecule has 3 aliphatic rings. The van der Waals surface area contributed by atoms with Crippen molar-refractivity contribution in [1.29, 1.82) is 0 Å². The number of likely N-dealkylation sites (tertiary alicyclic amines) is 1. The molecule has 6 rings (SSSR count). The van der Waals surface area contributed by atoms with Crippen molar-refractivity contribution in [2.45, 2.75) is 61.7 Å². The van der Waals surface area contributed by atoms with Gasteiger partial charge in [0.05, 0.1) is 0 Å². The molecule has 2 unspecified atom stereocenters. The summed E-state index contributed by atoms with van der Waals surface area (Å²) in [4.78, 5) is 16.4. The Morgan fingerprint density at radius 2 is 1.26 bits per heavy atom. The SMILES string of the molecule is O=C1NC(c2ccccc2)(c2ccccc2)NC12CCN(C1CCCCC1c1ccccc1)CC2. The highest BCUT2D eigenvalue weighted by atomic mass is 16.2. The Balaban J connectivity index is 1.25. The molecular formula is C31H35N3O. The monoisotopic (exact) mass is 465 g/mol. The van der Waals surface area contributed by atoms with Crippen LogP contribution in [0.3, 0.4) is 0 Å². The lowest BCUT2D eigenvalue weighted by atomic mass is 9.77. The number of benzene rings is 3. The fourth-order valence-electron chi connectivity index (χ4n) is 6.80. The standard InChI is InChI=1S/C31H35N3O/c35-29-30(33-31(32-29,25-14-6-2-7-15-25)26-16-8-3-9-17-26)20-22-34(23-21-30)28-19-11-10-18-27(28)24-12-4-1-5-13-24/h1-9,12-17,27-28,33H,10-11,18-23H2,(H,32,35). The van der Waals surface area contributed by atoms with Crippen LogP contribution in [0.15, 0.2) is 91.0 Å². The van der Waals surface area contributed by atoms with Crippen molar-refractivity contribution in [3.05, 3.63) is 108 Å². The van der Waals surface area contributed by atoms with Gasteiger partial charge in [-0.2, -0.15) is 0 Å². The lowest BCUT2D eigenvalue weighted by Crippen LogP contribution is -2.59. The number of nitrogens with one attached hydrogen (secondary N) is 2. The molecule has 3 aromatic rings.